The monoisotopic (exact) mass is 101 g/mol. The molecule has 1 fully saturated rings. The van der Waals surface area contributed by atoms with Crippen molar-refractivity contribution in [1.82, 2.24) is 5.32 Å². The molecule has 0 unspecified atom stereocenters. The van der Waals surface area contributed by atoms with Gasteiger partial charge in [-0.05, 0) is 19.9 Å². The minimum atomic E-state index is -0.159. The van der Waals surface area contributed by atoms with Crippen LogP contribution in [0.2, 0.25) is 0 Å². The van der Waals surface area contributed by atoms with Crippen LogP contribution in [0.5, 0.6) is 0 Å². The van der Waals surface area contributed by atoms with E-state index in [-0.39, 0.29) is 6.10 Å². The summed E-state index contributed by atoms with van der Waals surface area (Å²) in [6.45, 7) is 2.90. The van der Waals surface area contributed by atoms with E-state index >= 15 is 0 Å². The number of aliphatic hydroxyl groups is 1. The van der Waals surface area contributed by atoms with Crippen molar-refractivity contribution >= 4 is 0 Å². The Morgan fingerprint density at radius 1 is 1.86 bits per heavy atom. The lowest BCUT2D eigenvalue weighted by molar-refractivity contribution is 0.111. The Bertz CT molecular complexity index is 59.1. The van der Waals surface area contributed by atoms with Crippen LogP contribution in [0.1, 0.15) is 13.3 Å². The molecule has 0 amide bonds. The van der Waals surface area contributed by atoms with Crippen LogP contribution in [0.15, 0.2) is 0 Å². The van der Waals surface area contributed by atoms with Crippen LogP contribution in [0, 0.1) is 0 Å². The summed E-state index contributed by atoms with van der Waals surface area (Å²) >= 11 is 0. The molecule has 2 atom stereocenters. The zero-order valence-electron chi connectivity index (χ0n) is 4.52. The second kappa shape index (κ2) is 1.80. The summed E-state index contributed by atoms with van der Waals surface area (Å²) in [6.07, 6.45) is 0.978. The fourth-order valence-corrected chi connectivity index (χ4v) is 0.723. The first-order valence-electron chi connectivity index (χ1n) is 2.72. The van der Waals surface area contributed by atoms with Crippen molar-refractivity contribution in [2.24, 2.45) is 0 Å². The molecule has 0 aliphatic carbocycles. The van der Waals surface area contributed by atoms with E-state index in [0.29, 0.717) is 6.04 Å². The van der Waals surface area contributed by atoms with Gasteiger partial charge in [0.15, 0.2) is 0 Å². The van der Waals surface area contributed by atoms with Gasteiger partial charge in [-0.1, -0.05) is 0 Å². The van der Waals surface area contributed by atoms with Gasteiger partial charge in [0.25, 0.3) is 0 Å². The summed E-state index contributed by atoms with van der Waals surface area (Å²) in [4.78, 5) is 0. The Hall–Kier alpha value is -0.0800. The smallest absolute Gasteiger partial charge is 0.0665 e. The van der Waals surface area contributed by atoms with Gasteiger partial charge in [0.05, 0.1) is 6.10 Å². The second-order valence-corrected chi connectivity index (χ2v) is 2.09. The summed E-state index contributed by atoms with van der Waals surface area (Å²) < 4.78 is 0. The summed E-state index contributed by atoms with van der Waals surface area (Å²) in [5, 5.41) is 11.9. The highest BCUT2D eigenvalue weighted by atomic mass is 16.3. The first kappa shape index (κ1) is 5.06. The van der Waals surface area contributed by atoms with E-state index < -0.39 is 0 Å². The fourth-order valence-electron chi connectivity index (χ4n) is 0.723. The van der Waals surface area contributed by atoms with E-state index in [0.717, 1.165) is 13.0 Å². The predicted octanol–water partition coefficient (Wildman–Crippen LogP) is -0.271. The summed E-state index contributed by atoms with van der Waals surface area (Å²) in [6, 6.07) is 0.389. The maximum absolute atomic E-state index is 8.81. The molecule has 0 aromatic heterocycles. The summed E-state index contributed by atoms with van der Waals surface area (Å²) in [5.74, 6) is 0. The molecule has 1 aliphatic heterocycles. The molecular weight excluding hydrogens is 90.1 g/mol. The summed E-state index contributed by atoms with van der Waals surface area (Å²) in [5.41, 5.74) is 0. The molecule has 0 bridgehead atoms. The molecule has 0 aromatic carbocycles. The Morgan fingerprint density at radius 2 is 2.43 bits per heavy atom. The van der Waals surface area contributed by atoms with E-state index in [2.05, 4.69) is 5.32 Å². The lowest BCUT2D eigenvalue weighted by atomic mass is 10.0. The van der Waals surface area contributed by atoms with Gasteiger partial charge in [0.1, 0.15) is 0 Å². The normalized spacial score (nSPS) is 34.3. The van der Waals surface area contributed by atoms with Crippen molar-refractivity contribution in [3.8, 4) is 0 Å². The third-order valence-electron chi connectivity index (χ3n) is 1.44. The molecule has 1 rings (SSSR count). The topological polar surface area (TPSA) is 32.3 Å². The van der Waals surface area contributed by atoms with Crippen LogP contribution in [0.3, 0.4) is 0 Å². The van der Waals surface area contributed by atoms with Crippen molar-refractivity contribution in [3.05, 3.63) is 0 Å². The average Bonchev–Trinajstić information content (AvgIpc) is 1.23. The maximum atomic E-state index is 8.81. The molecule has 0 aromatic rings. The second-order valence-electron chi connectivity index (χ2n) is 2.09. The highest BCUT2D eigenvalue weighted by Gasteiger charge is 2.20. The van der Waals surface area contributed by atoms with E-state index in [1.54, 1.807) is 0 Å². The third kappa shape index (κ3) is 0.924. The quantitative estimate of drug-likeness (QED) is 0.476. The van der Waals surface area contributed by atoms with Gasteiger partial charge in [0, 0.05) is 6.04 Å². The van der Waals surface area contributed by atoms with Gasteiger partial charge in [-0.25, -0.2) is 0 Å². The van der Waals surface area contributed by atoms with Gasteiger partial charge in [0.2, 0.25) is 0 Å². The van der Waals surface area contributed by atoms with Crippen molar-refractivity contribution < 1.29 is 5.11 Å². The van der Waals surface area contributed by atoms with E-state index in [1.165, 1.54) is 0 Å². The molecule has 0 saturated carbocycles. The van der Waals surface area contributed by atoms with Gasteiger partial charge in [-0.15, -0.1) is 0 Å². The standard InChI is InChI=1S/C5H11NO/c1-4(7)5-2-3-6-5/h4-7H,2-3H2,1H3/t4-,5-/m0/s1. The highest BCUT2D eigenvalue weighted by molar-refractivity contribution is 4.81. The minimum Gasteiger partial charge on any atom is -0.392 e. The number of rotatable bonds is 1. The van der Waals surface area contributed by atoms with Crippen LogP contribution in [0.25, 0.3) is 0 Å². The molecule has 1 aliphatic rings. The Labute approximate surface area is 43.5 Å². The van der Waals surface area contributed by atoms with Gasteiger partial charge < -0.3 is 10.4 Å². The predicted molar refractivity (Wildman–Crippen MR) is 28.1 cm³/mol. The molecule has 0 spiro atoms. The summed E-state index contributed by atoms with van der Waals surface area (Å²) in [7, 11) is 0. The number of aliphatic hydroxyl groups excluding tert-OH is 1. The Morgan fingerprint density at radius 3 is 2.43 bits per heavy atom. The largest absolute Gasteiger partial charge is 0.392 e. The molecule has 2 nitrogen and oxygen atoms in total. The first-order valence-corrected chi connectivity index (χ1v) is 2.72. The Kier molecular flexibility index (Phi) is 1.30. The molecule has 1 saturated heterocycles. The fraction of sp³-hybridized carbons (Fsp3) is 1.00. The van der Waals surface area contributed by atoms with Gasteiger partial charge in [-0.2, -0.15) is 0 Å². The van der Waals surface area contributed by atoms with E-state index in [9.17, 15) is 0 Å². The number of hydrogen-bond donors (Lipinski definition) is 2. The van der Waals surface area contributed by atoms with Crippen LogP contribution >= 0.6 is 0 Å². The van der Waals surface area contributed by atoms with Crippen LogP contribution in [-0.4, -0.2) is 23.8 Å². The molecule has 2 heteroatoms. The number of hydrogen-bond acceptors (Lipinski definition) is 2. The lowest BCUT2D eigenvalue weighted by Gasteiger charge is -2.29. The first-order chi connectivity index (χ1) is 3.30. The molecule has 1 heterocycles. The zero-order valence-corrected chi connectivity index (χ0v) is 4.52. The van der Waals surface area contributed by atoms with Crippen molar-refractivity contribution in [2.75, 3.05) is 6.54 Å². The van der Waals surface area contributed by atoms with Gasteiger partial charge in [-0.3, -0.25) is 0 Å². The van der Waals surface area contributed by atoms with Crippen LogP contribution < -0.4 is 5.32 Å². The van der Waals surface area contributed by atoms with Gasteiger partial charge >= 0.3 is 0 Å². The van der Waals surface area contributed by atoms with Crippen LogP contribution in [-0.2, 0) is 0 Å². The van der Waals surface area contributed by atoms with E-state index in [4.69, 9.17) is 5.11 Å². The lowest BCUT2D eigenvalue weighted by Crippen LogP contribution is -2.49. The van der Waals surface area contributed by atoms with Crippen LogP contribution in [0.4, 0.5) is 0 Å². The van der Waals surface area contributed by atoms with Crippen molar-refractivity contribution in [1.29, 1.82) is 0 Å². The zero-order chi connectivity index (χ0) is 5.28. The molecule has 0 radical (unpaired) electrons. The SMILES string of the molecule is C[C@H](O)[C@@H]1CCN1. The third-order valence-corrected chi connectivity index (χ3v) is 1.44. The molecule has 42 valence electrons. The molecule has 7 heavy (non-hydrogen) atoms. The van der Waals surface area contributed by atoms with Crippen molar-refractivity contribution in [2.45, 2.75) is 25.5 Å². The van der Waals surface area contributed by atoms with Crippen molar-refractivity contribution in [3.63, 3.8) is 0 Å². The van der Waals surface area contributed by atoms with E-state index in [1.807, 2.05) is 6.92 Å². The average molecular weight is 101 g/mol. The highest BCUT2D eigenvalue weighted by Crippen LogP contribution is 2.05. The molecule has 2 N–H and O–H groups in total. The molecular formula is C5H11NO. The Balaban J connectivity index is 2.14. The minimum absolute atomic E-state index is 0.159. The maximum Gasteiger partial charge on any atom is 0.0665 e. The number of nitrogens with one attached hydrogen (secondary N) is 1.